The van der Waals surface area contributed by atoms with Crippen molar-refractivity contribution in [1.29, 1.82) is 0 Å². The van der Waals surface area contributed by atoms with Crippen LogP contribution in [-0.2, 0) is 14.4 Å². The molecule has 3 nitrogen and oxygen atoms in total. The highest BCUT2D eigenvalue weighted by molar-refractivity contribution is 6.21. The second kappa shape index (κ2) is 7.00. The fraction of sp³-hybridized carbons (Fsp3) is 0.571. The summed E-state index contributed by atoms with van der Waals surface area (Å²) >= 11 is 0. The Kier molecular flexibility index (Phi) is 5.42. The first-order valence-corrected chi connectivity index (χ1v) is 8.85. The summed E-state index contributed by atoms with van der Waals surface area (Å²) in [6.45, 7) is 12.4. The predicted octanol–water partition coefficient (Wildman–Crippen LogP) is 4.23. The van der Waals surface area contributed by atoms with Crippen LogP contribution in [0.3, 0.4) is 0 Å². The Morgan fingerprint density at radius 2 is 1.25 bits per heavy atom. The van der Waals surface area contributed by atoms with E-state index in [-0.39, 0.29) is 23.3 Å². The predicted molar refractivity (Wildman–Crippen MR) is 95.5 cm³/mol. The first-order valence-electron chi connectivity index (χ1n) is 8.85. The Bertz CT molecular complexity index is 665. The molecule has 1 aromatic carbocycles. The van der Waals surface area contributed by atoms with Gasteiger partial charge in [0.2, 0.25) is 0 Å². The van der Waals surface area contributed by atoms with E-state index in [0.29, 0.717) is 25.7 Å². The van der Waals surface area contributed by atoms with Crippen LogP contribution in [0.15, 0.2) is 0 Å². The Labute approximate surface area is 144 Å². The Morgan fingerprint density at radius 1 is 0.833 bits per heavy atom. The Morgan fingerprint density at radius 3 is 1.67 bits per heavy atom. The van der Waals surface area contributed by atoms with Gasteiger partial charge in [0.1, 0.15) is 5.92 Å². The van der Waals surface area contributed by atoms with Gasteiger partial charge < -0.3 is 0 Å². The van der Waals surface area contributed by atoms with E-state index in [9.17, 15) is 14.4 Å². The van der Waals surface area contributed by atoms with Crippen LogP contribution in [-0.4, -0.2) is 17.3 Å². The number of ketones is 3. The van der Waals surface area contributed by atoms with Crippen molar-refractivity contribution in [1.82, 2.24) is 0 Å². The Hall–Kier alpha value is -1.77. The van der Waals surface area contributed by atoms with Crippen molar-refractivity contribution in [2.24, 2.45) is 5.92 Å². The molecule has 0 unspecified atom stereocenters. The monoisotopic (exact) mass is 328 g/mol. The van der Waals surface area contributed by atoms with Gasteiger partial charge in [0.05, 0.1) is 0 Å². The number of carbonyl (C=O) groups is 3. The van der Waals surface area contributed by atoms with E-state index in [2.05, 4.69) is 34.6 Å². The molecule has 0 aliphatic heterocycles. The third-order valence-electron chi connectivity index (χ3n) is 5.82. The lowest BCUT2D eigenvalue weighted by Gasteiger charge is -2.30. The van der Waals surface area contributed by atoms with Crippen LogP contribution in [0.1, 0.15) is 71.9 Å². The topological polar surface area (TPSA) is 51.2 Å². The molecule has 0 atom stereocenters. The summed E-state index contributed by atoms with van der Waals surface area (Å²) in [5, 5.41) is 0. The number of hydrogen-bond donors (Lipinski definition) is 0. The normalized spacial score (nSPS) is 21.2. The molecule has 0 heterocycles. The van der Waals surface area contributed by atoms with Crippen molar-refractivity contribution in [2.75, 3.05) is 0 Å². The molecule has 2 rings (SSSR count). The van der Waals surface area contributed by atoms with Gasteiger partial charge in [0, 0.05) is 19.3 Å². The second-order valence-corrected chi connectivity index (χ2v) is 7.23. The van der Waals surface area contributed by atoms with E-state index in [4.69, 9.17) is 0 Å². The van der Waals surface area contributed by atoms with E-state index in [0.717, 1.165) is 5.56 Å². The zero-order chi connectivity index (χ0) is 18.2. The fourth-order valence-electron chi connectivity index (χ4n) is 4.07. The minimum absolute atomic E-state index is 0.0892. The van der Waals surface area contributed by atoms with E-state index in [1.54, 1.807) is 0 Å². The summed E-state index contributed by atoms with van der Waals surface area (Å²) in [6.07, 6.45) is 1.59. The molecular weight excluding hydrogens is 300 g/mol. The molecule has 0 radical (unpaired) electrons. The average molecular weight is 328 g/mol. The van der Waals surface area contributed by atoms with Gasteiger partial charge in [-0.3, -0.25) is 14.4 Å². The average Bonchev–Trinajstić information content (AvgIpc) is 2.51. The zero-order valence-corrected chi connectivity index (χ0v) is 15.7. The van der Waals surface area contributed by atoms with Crippen molar-refractivity contribution in [3.8, 4) is 0 Å². The lowest BCUT2D eigenvalue weighted by molar-refractivity contribution is -0.142. The summed E-state index contributed by atoms with van der Waals surface area (Å²) < 4.78 is 0. The van der Waals surface area contributed by atoms with E-state index >= 15 is 0 Å². The first-order chi connectivity index (χ1) is 11.2. The Balaban J connectivity index is 2.40. The molecule has 1 fully saturated rings. The third kappa shape index (κ3) is 3.09. The first kappa shape index (κ1) is 18.6. The van der Waals surface area contributed by atoms with Crippen LogP contribution >= 0.6 is 0 Å². The van der Waals surface area contributed by atoms with Gasteiger partial charge in [-0.1, -0.05) is 6.92 Å². The SMILES string of the molecule is CCCC(=O)C1C(=O)CC(c2c(C)c(C)c(C)c(C)c2C)CC1=O. The number of hydrogen-bond acceptors (Lipinski definition) is 3. The second-order valence-electron chi connectivity index (χ2n) is 7.23. The molecule has 1 aliphatic carbocycles. The van der Waals surface area contributed by atoms with E-state index in [1.165, 1.54) is 27.8 Å². The summed E-state index contributed by atoms with van der Waals surface area (Å²) in [4.78, 5) is 37.2. The maximum Gasteiger partial charge on any atom is 0.151 e. The van der Waals surface area contributed by atoms with Gasteiger partial charge in [0.15, 0.2) is 17.3 Å². The van der Waals surface area contributed by atoms with Crippen LogP contribution in [0, 0.1) is 40.5 Å². The van der Waals surface area contributed by atoms with Gasteiger partial charge >= 0.3 is 0 Å². The standard InChI is InChI=1S/C21H28O3/c1-7-8-17(22)21-18(23)9-16(10-19(21)24)20-14(5)12(3)11(2)13(4)15(20)6/h16,21H,7-10H2,1-6H3. The van der Waals surface area contributed by atoms with Gasteiger partial charge in [-0.25, -0.2) is 0 Å². The van der Waals surface area contributed by atoms with Crippen LogP contribution in [0.2, 0.25) is 0 Å². The molecule has 0 aromatic heterocycles. The molecule has 0 saturated heterocycles. The summed E-state index contributed by atoms with van der Waals surface area (Å²) in [5.74, 6) is -1.67. The third-order valence-corrected chi connectivity index (χ3v) is 5.82. The molecule has 130 valence electrons. The smallest absolute Gasteiger partial charge is 0.151 e. The number of rotatable bonds is 4. The number of carbonyl (C=O) groups excluding carboxylic acids is 3. The van der Waals surface area contributed by atoms with Gasteiger partial charge in [-0.05, 0) is 80.3 Å². The van der Waals surface area contributed by atoms with Crippen LogP contribution in [0.4, 0.5) is 0 Å². The lowest BCUT2D eigenvalue weighted by atomic mass is 9.71. The van der Waals surface area contributed by atoms with E-state index in [1.807, 2.05) is 6.92 Å². The quantitative estimate of drug-likeness (QED) is 0.777. The minimum atomic E-state index is -1.01. The van der Waals surface area contributed by atoms with Crippen LogP contribution < -0.4 is 0 Å². The summed E-state index contributed by atoms with van der Waals surface area (Å²) in [6, 6.07) is 0. The lowest BCUT2D eigenvalue weighted by Crippen LogP contribution is -2.38. The molecule has 1 saturated carbocycles. The molecule has 0 bridgehead atoms. The van der Waals surface area contributed by atoms with Gasteiger partial charge in [0.25, 0.3) is 0 Å². The van der Waals surface area contributed by atoms with Crippen molar-refractivity contribution >= 4 is 17.3 Å². The van der Waals surface area contributed by atoms with Crippen molar-refractivity contribution in [3.63, 3.8) is 0 Å². The van der Waals surface area contributed by atoms with Crippen molar-refractivity contribution < 1.29 is 14.4 Å². The summed E-state index contributed by atoms with van der Waals surface area (Å²) in [5.41, 5.74) is 7.24. The molecule has 0 N–H and O–H groups in total. The fourth-order valence-corrected chi connectivity index (χ4v) is 4.07. The molecular formula is C21H28O3. The highest BCUT2D eigenvalue weighted by Crippen LogP contribution is 2.39. The zero-order valence-electron chi connectivity index (χ0n) is 15.7. The van der Waals surface area contributed by atoms with Crippen molar-refractivity contribution in [3.05, 3.63) is 33.4 Å². The highest BCUT2D eigenvalue weighted by Gasteiger charge is 2.40. The van der Waals surface area contributed by atoms with Crippen LogP contribution in [0.25, 0.3) is 0 Å². The number of Topliss-reactive ketones (excluding diaryl/α,β-unsaturated/α-hetero) is 3. The maximum absolute atomic E-state index is 12.5. The van der Waals surface area contributed by atoms with Gasteiger partial charge in [-0.2, -0.15) is 0 Å². The van der Waals surface area contributed by atoms with Crippen molar-refractivity contribution in [2.45, 2.75) is 73.1 Å². The highest BCUT2D eigenvalue weighted by atomic mass is 16.2. The molecule has 0 amide bonds. The largest absolute Gasteiger partial charge is 0.298 e. The molecule has 0 spiro atoms. The molecule has 1 aromatic rings. The molecule has 3 heteroatoms. The minimum Gasteiger partial charge on any atom is -0.298 e. The van der Waals surface area contributed by atoms with Crippen LogP contribution in [0.5, 0.6) is 0 Å². The van der Waals surface area contributed by atoms with E-state index < -0.39 is 5.92 Å². The summed E-state index contributed by atoms with van der Waals surface area (Å²) in [7, 11) is 0. The molecule has 24 heavy (non-hydrogen) atoms. The maximum atomic E-state index is 12.5. The molecule has 1 aliphatic rings. The van der Waals surface area contributed by atoms with Gasteiger partial charge in [-0.15, -0.1) is 0 Å². The number of benzene rings is 1.